The Hall–Kier alpha value is -0.670. The van der Waals surface area contributed by atoms with Crippen molar-refractivity contribution in [2.75, 3.05) is 13.1 Å². The molecule has 0 aromatic carbocycles. The molecule has 0 radical (unpaired) electrons. The number of unbranched alkanes of at least 4 members (excludes halogenated alkanes) is 1. The summed E-state index contributed by atoms with van der Waals surface area (Å²) in [6.45, 7) is 4.56. The van der Waals surface area contributed by atoms with E-state index in [1.807, 2.05) is 17.5 Å². The van der Waals surface area contributed by atoms with Crippen LogP contribution in [-0.2, 0) is 0 Å². The molecule has 2 rings (SSSR count). The van der Waals surface area contributed by atoms with Crippen LogP contribution in [0.3, 0.4) is 0 Å². The van der Waals surface area contributed by atoms with E-state index in [0.717, 1.165) is 23.9 Å². The summed E-state index contributed by atoms with van der Waals surface area (Å²) in [5.74, 6) is 0.316. The molecule has 1 heterocycles. The lowest BCUT2D eigenvalue weighted by Gasteiger charge is -2.21. The molecule has 0 unspecified atom stereocenters. The van der Waals surface area contributed by atoms with Gasteiger partial charge in [0.05, 0.1) is 4.88 Å². The van der Waals surface area contributed by atoms with Gasteiger partial charge in [0.25, 0.3) is 0 Å². The molecule has 1 aliphatic carbocycles. The van der Waals surface area contributed by atoms with Crippen molar-refractivity contribution >= 4 is 17.1 Å². The predicted molar refractivity (Wildman–Crippen MR) is 77.4 cm³/mol. The Labute approximate surface area is 114 Å². The van der Waals surface area contributed by atoms with Crippen molar-refractivity contribution < 1.29 is 4.79 Å². The van der Waals surface area contributed by atoms with Gasteiger partial charge >= 0.3 is 0 Å². The highest BCUT2D eigenvalue weighted by Gasteiger charge is 2.27. The molecule has 1 aromatic heterocycles. The van der Waals surface area contributed by atoms with E-state index in [9.17, 15) is 4.79 Å². The Morgan fingerprint density at radius 2 is 2.17 bits per heavy atom. The van der Waals surface area contributed by atoms with Crippen LogP contribution in [0.2, 0.25) is 0 Å². The summed E-state index contributed by atoms with van der Waals surface area (Å²) in [4.78, 5) is 15.4. The lowest BCUT2D eigenvalue weighted by molar-refractivity contribution is 0.0977. The molecule has 100 valence electrons. The van der Waals surface area contributed by atoms with E-state index in [-0.39, 0.29) is 0 Å². The zero-order valence-electron chi connectivity index (χ0n) is 11.2. The first kappa shape index (κ1) is 13.8. The maximum atomic E-state index is 11.9. The van der Waals surface area contributed by atoms with Gasteiger partial charge in [-0.25, -0.2) is 0 Å². The second kappa shape index (κ2) is 7.05. The number of ketones is 1. The van der Waals surface area contributed by atoms with Gasteiger partial charge in [-0.2, -0.15) is 0 Å². The van der Waals surface area contributed by atoms with E-state index in [1.165, 1.54) is 32.2 Å². The zero-order chi connectivity index (χ0) is 12.8. The number of hydrogen-bond donors (Lipinski definition) is 0. The Balaban J connectivity index is 1.68. The van der Waals surface area contributed by atoms with Crippen LogP contribution in [-0.4, -0.2) is 29.8 Å². The summed E-state index contributed by atoms with van der Waals surface area (Å²) < 4.78 is 0. The highest BCUT2D eigenvalue weighted by Crippen LogP contribution is 2.27. The van der Waals surface area contributed by atoms with Crippen molar-refractivity contribution in [2.45, 2.75) is 51.5 Å². The van der Waals surface area contributed by atoms with E-state index in [0.29, 0.717) is 12.2 Å². The Bertz CT molecular complexity index is 357. The van der Waals surface area contributed by atoms with E-state index >= 15 is 0 Å². The second-order valence-corrected chi connectivity index (χ2v) is 6.07. The molecule has 0 bridgehead atoms. The quantitative estimate of drug-likeness (QED) is 0.630. The molecule has 18 heavy (non-hydrogen) atoms. The monoisotopic (exact) mass is 265 g/mol. The summed E-state index contributed by atoms with van der Waals surface area (Å²) >= 11 is 1.56. The van der Waals surface area contributed by atoms with Gasteiger partial charge in [0.1, 0.15) is 0 Å². The standard InChI is InChI=1S/C15H23NOS/c1-2-3-10-16(13-8-9-13)11-4-6-14(17)15-7-5-12-18-15/h5,7,12-13H,2-4,6,8-11H2,1H3. The number of nitrogens with zero attached hydrogens (tertiary/aromatic N) is 1. The van der Waals surface area contributed by atoms with Gasteiger partial charge in [0.15, 0.2) is 5.78 Å². The summed E-state index contributed by atoms with van der Waals surface area (Å²) in [5, 5.41) is 1.98. The fourth-order valence-corrected chi connectivity index (χ4v) is 2.98. The van der Waals surface area contributed by atoms with Crippen molar-refractivity contribution in [1.82, 2.24) is 4.90 Å². The van der Waals surface area contributed by atoms with Gasteiger partial charge < -0.3 is 4.90 Å². The normalized spacial score (nSPS) is 15.2. The average molecular weight is 265 g/mol. The minimum atomic E-state index is 0.316. The summed E-state index contributed by atoms with van der Waals surface area (Å²) in [7, 11) is 0. The molecule has 0 amide bonds. The van der Waals surface area contributed by atoms with Gasteiger partial charge in [0, 0.05) is 12.5 Å². The summed E-state index contributed by atoms with van der Waals surface area (Å²) in [6, 6.07) is 4.71. The molecular weight excluding hydrogens is 242 g/mol. The van der Waals surface area contributed by atoms with Crippen molar-refractivity contribution in [3.05, 3.63) is 22.4 Å². The third kappa shape index (κ3) is 4.21. The van der Waals surface area contributed by atoms with Crippen LogP contribution in [0.4, 0.5) is 0 Å². The van der Waals surface area contributed by atoms with Gasteiger partial charge in [-0.05, 0) is 50.2 Å². The van der Waals surface area contributed by atoms with Crippen molar-refractivity contribution in [3.63, 3.8) is 0 Å². The lowest BCUT2D eigenvalue weighted by Crippen LogP contribution is -2.28. The Morgan fingerprint density at radius 3 is 2.78 bits per heavy atom. The van der Waals surface area contributed by atoms with Crippen molar-refractivity contribution in [1.29, 1.82) is 0 Å². The first-order valence-corrected chi connectivity index (χ1v) is 8.00. The van der Waals surface area contributed by atoms with Gasteiger partial charge in [-0.15, -0.1) is 11.3 Å². The van der Waals surface area contributed by atoms with Crippen LogP contribution in [0.15, 0.2) is 17.5 Å². The fourth-order valence-electron chi connectivity index (χ4n) is 2.28. The highest BCUT2D eigenvalue weighted by atomic mass is 32.1. The largest absolute Gasteiger partial charge is 0.300 e. The maximum Gasteiger partial charge on any atom is 0.172 e. The number of Topliss-reactive ketones (excluding diaryl/α,β-unsaturated/α-hetero) is 1. The summed E-state index contributed by atoms with van der Waals surface area (Å²) in [5.41, 5.74) is 0. The van der Waals surface area contributed by atoms with E-state index in [4.69, 9.17) is 0 Å². The molecule has 1 saturated carbocycles. The third-order valence-corrected chi connectivity index (χ3v) is 4.42. The average Bonchev–Trinajstić information content (AvgIpc) is 3.07. The molecular formula is C15H23NOS. The lowest BCUT2D eigenvalue weighted by atomic mass is 10.2. The van der Waals surface area contributed by atoms with Gasteiger partial charge in [-0.3, -0.25) is 4.79 Å². The number of carbonyl (C=O) groups is 1. The van der Waals surface area contributed by atoms with E-state index in [1.54, 1.807) is 11.3 Å². The van der Waals surface area contributed by atoms with Crippen LogP contribution >= 0.6 is 11.3 Å². The van der Waals surface area contributed by atoms with E-state index < -0.39 is 0 Å². The molecule has 1 aliphatic rings. The molecule has 1 fully saturated rings. The third-order valence-electron chi connectivity index (χ3n) is 3.51. The molecule has 0 atom stereocenters. The van der Waals surface area contributed by atoms with Crippen LogP contribution < -0.4 is 0 Å². The predicted octanol–water partition coefficient (Wildman–Crippen LogP) is 3.98. The van der Waals surface area contributed by atoms with Crippen molar-refractivity contribution in [2.24, 2.45) is 0 Å². The smallest absolute Gasteiger partial charge is 0.172 e. The fraction of sp³-hybridized carbons (Fsp3) is 0.667. The van der Waals surface area contributed by atoms with Crippen molar-refractivity contribution in [3.8, 4) is 0 Å². The van der Waals surface area contributed by atoms with E-state index in [2.05, 4.69) is 11.8 Å². The molecule has 1 aromatic rings. The van der Waals surface area contributed by atoms with Crippen LogP contribution in [0.5, 0.6) is 0 Å². The highest BCUT2D eigenvalue weighted by molar-refractivity contribution is 7.12. The number of thiophene rings is 1. The van der Waals surface area contributed by atoms with Gasteiger partial charge in [0.2, 0.25) is 0 Å². The molecule has 0 saturated heterocycles. The van der Waals surface area contributed by atoms with Gasteiger partial charge in [-0.1, -0.05) is 19.4 Å². The topological polar surface area (TPSA) is 20.3 Å². The molecule has 0 N–H and O–H groups in total. The molecule has 0 spiro atoms. The minimum absolute atomic E-state index is 0.316. The molecule has 2 nitrogen and oxygen atoms in total. The molecule has 3 heteroatoms. The first-order chi connectivity index (χ1) is 8.81. The number of carbonyl (C=O) groups excluding carboxylic acids is 1. The SMILES string of the molecule is CCCCN(CCCC(=O)c1cccs1)C1CC1. The minimum Gasteiger partial charge on any atom is -0.300 e. The van der Waals surface area contributed by atoms with Crippen LogP contribution in [0, 0.1) is 0 Å². The number of hydrogen-bond acceptors (Lipinski definition) is 3. The zero-order valence-corrected chi connectivity index (χ0v) is 12.0. The maximum absolute atomic E-state index is 11.9. The van der Waals surface area contributed by atoms with Crippen LogP contribution in [0.25, 0.3) is 0 Å². The second-order valence-electron chi connectivity index (χ2n) is 5.12. The summed E-state index contributed by atoms with van der Waals surface area (Å²) in [6.07, 6.45) is 6.99. The Morgan fingerprint density at radius 1 is 1.39 bits per heavy atom. The van der Waals surface area contributed by atoms with Crippen LogP contribution in [0.1, 0.15) is 55.1 Å². The Kier molecular flexibility index (Phi) is 5.39. The first-order valence-electron chi connectivity index (χ1n) is 7.12. The number of rotatable bonds is 9. The molecule has 0 aliphatic heterocycles.